The maximum Gasteiger partial charge on any atom is 0.150 e. The van der Waals surface area contributed by atoms with Gasteiger partial charge in [0.05, 0.1) is 31.5 Å². The fourth-order valence-corrected chi connectivity index (χ4v) is 10.1. The molecule has 7 unspecified atom stereocenters. The summed E-state index contributed by atoms with van der Waals surface area (Å²) in [6.45, 7) is 16.0. The fourth-order valence-electron chi connectivity index (χ4n) is 8.91. The molecule has 2 aromatic carbocycles. The molecule has 1 N–H and O–H groups in total. The van der Waals surface area contributed by atoms with E-state index in [-0.39, 0.29) is 16.6 Å². The van der Waals surface area contributed by atoms with Crippen LogP contribution < -0.4 is 14.4 Å². The van der Waals surface area contributed by atoms with Crippen LogP contribution in [-0.2, 0) is 15.9 Å². The number of piperazine rings is 1. The molecule has 0 spiro atoms. The van der Waals surface area contributed by atoms with Crippen LogP contribution in [0, 0.1) is 17.8 Å². The van der Waals surface area contributed by atoms with E-state index >= 15 is 0 Å². The minimum atomic E-state index is -0.400. The van der Waals surface area contributed by atoms with Crippen molar-refractivity contribution in [3.8, 4) is 5.75 Å². The third kappa shape index (κ3) is 9.42. The molecule has 292 valence electrons. The lowest BCUT2D eigenvalue weighted by Gasteiger charge is -2.52. The number of carbonyl (C=O) groups excluding carboxylic acids is 1. The van der Waals surface area contributed by atoms with Crippen LogP contribution in [-0.4, -0.2) is 119 Å². The van der Waals surface area contributed by atoms with E-state index in [9.17, 15) is 4.79 Å². The maximum absolute atomic E-state index is 12.0. The molecule has 3 heterocycles. The van der Waals surface area contributed by atoms with Crippen LogP contribution in [0.15, 0.2) is 48.6 Å². The van der Waals surface area contributed by atoms with E-state index in [4.69, 9.17) is 25.8 Å². The zero-order valence-corrected chi connectivity index (χ0v) is 34.3. The van der Waals surface area contributed by atoms with Gasteiger partial charge in [-0.15, -0.1) is 10.7 Å². The summed E-state index contributed by atoms with van der Waals surface area (Å²) in [6.07, 6.45) is 11.1. The van der Waals surface area contributed by atoms with Gasteiger partial charge in [-0.1, -0.05) is 62.9 Å². The van der Waals surface area contributed by atoms with Gasteiger partial charge in [0.2, 0.25) is 0 Å². The van der Waals surface area contributed by atoms with Crippen LogP contribution >= 0.6 is 22.3 Å². The molecule has 0 bridgehead atoms. The lowest BCUT2D eigenvalue weighted by Crippen LogP contribution is -2.61. The number of carbonyl (C=O) groups is 1. The van der Waals surface area contributed by atoms with Gasteiger partial charge < -0.3 is 19.1 Å². The number of anilines is 1. The van der Waals surface area contributed by atoms with Gasteiger partial charge in [-0.3, -0.25) is 19.3 Å². The molecule has 0 aromatic heterocycles. The fraction of sp³-hybridized carbons (Fsp3) is 0.628. The first-order chi connectivity index (χ1) is 25.7. The van der Waals surface area contributed by atoms with E-state index in [1.54, 1.807) is 0 Å². The Bertz CT molecular complexity index is 1580. The molecule has 3 aliphatic heterocycles. The Morgan fingerprint density at radius 1 is 1.11 bits per heavy atom. The van der Waals surface area contributed by atoms with Gasteiger partial charge in [0.1, 0.15) is 17.6 Å². The van der Waals surface area contributed by atoms with E-state index in [0.29, 0.717) is 41.2 Å². The Labute approximate surface area is 326 Å². The van der Waals surface area contributed by atoms with E-state index < -0.39 is 5.60 Å². The van der Waals surface area contributed by atoms with Crippen LogP contribution in [0.3, 0.4) is 0 Å². The summed E-state index contributed by atoms with van der Waals surface area (Å²) >= 11 is 6.51. The van der Waals surface area contributed by atoms with Crippen LogP contribution in [0.5, 0.6) is 5.75 Å². The van der Waals surface area contributed by atoms with Crippen molar-refractivity contribution in [3.05, 3.63) is 70.3 Å². The number of nitrogens with one attached hydrogen (secondary N) is 1. The molecule has 10 heteroatoms. The van der Waals surface area contributed by atoms with E-state index in [1.807, 2.05) is 38.4 Å². The van der Waals surface area contributed by atoms with Crippen molar-refractivity contribution >= 4 is 40.1 Å². The first-order valence-corrected chi connectivity index (χ1v) is 21.7. The highest BCUT2D eigenvalue weighted by molar-refractivity contribution is 8.12. The molecule has 2 aromatic rings. The number of aldehydes is 1. The molecule has 2 saturated heterocycles. The molecule has 7 atom stereocenters. The Balaban J connectivity index is 1.27. The summed E-state index contributed by atoms with van der Waals surface area (Å²) in [5, 5.41) is 1.26. The van der Waals surface area contributed by atoms with Gasteiger partial charge in [-0.2, -0.15) is 0 Å². The second-order valence-corrected chi connectivity index (χ2v) is 18.4. The number of hydrogen-bond acceptors (Lipinski definition) is 8. The molecule has 1 aliphatic carbocycles. The normalized spacial score (nSPS) is 25.7. The highest BCUT2D eigenvalue weighted by atomic mass is 35.5. The van der Waals surface area contributed by atoms with Gasteiger partial charge in [-0.05, 0) is 91.9 Å². The first kappa shape index (κ1) is 40.4. The largest absolute Gasteiger partial charge is 0.491 e. The van der Waals surface area contributed by atoms with Crippen molar-refractivity contribution in [1.29, 1.82) is 0 Å². The van der Waals surface area contributed by atoms with Crippen LogP contribution in [0.1, 0.15) is 73.9 Å². The van der Waals surface area contributed by atoms with Gasteiger partial charge in [0.25, 0.3) is 0 Å². The molecule has 0 radical (unpaired) electrons. The third-order valence-electron chi connectivity index (χ3n) is 12.7. The summed E-state index contributed by atoms with van der Waals surface area (Å²) in [7, 11) is 3.87. The second kappa shape index (κ2) is 18.6. The van der Waals surface area contributed by atoms with Crippen LogP contribution in [0.4, 0.5) is 5.69 Å². The third-order valence-corrected chi connectivity index (χ3v) is 14.8. The summed E-state index contributed by atoms with van der Waals surface area (Å²) in [5.41, 5.74) is 3.89. The van der Waals surface area contributed by atoms with Gasteiger partial charge in [0, 0.05) is 74.7 Å². The highest BCUT2D eigenvalue weighted by Crippen LogP contribution is 2.47. The maximum atomic E-state index is 12.0. The minimum absolute atomic E-state index is 0.0710. The SMILES string of the molecule is C=S(NC)C(C)C(C)C/C=C/C(CN1CCN(C2COC2)CC1)(OC)C1CCC1CN1CC(c2ccc(Cl)cc2CCC)COc2ccc(C=O)cc21. The number of ether oxygens (including phenoxy) is 3. The van der Waals surface area contributed by atoms with Crippen molar-refractivity contribution in [2.45, 2.75) is 75.7 Å². The molecule has 0 amide bonds. The number of hydrogen-bond donors (Lipinski definition) is 1. The highest BCUT2D eigenvalue weighted by Gasteiger charge is 2.48. The topological polar surface area (TPSA) is 66.5 Å². The second-order valence-electron chi connectivity index (χ2n) is 15.9. The van der Waals surface area contributed by atoms with Crippen molar-refractivity contribution in [2.24, 2.45) is 17.8 Å². The Hall–Kier alpha value is -2.24. The van der Waals surface area contributed by atoms with Crippen LogP contribution in [0.2, 0.25) is 5.02 Å². The Morgan fingerprint density at radius 3 is 2.55 bits per heavy atom. The average molecular weight is 768 g/mol. The molecule has 3 fully saturated rings. The predicted octanol–water partition coefficient (Wildman–Crippen LogP) is 7.32. The molecular weight excluding hydrogens is 704 g/mol. The number of benzene rings is 2. The number of allylic oxidation sites excluding steroid dienone is 1. The van der Waals surface area contributed by atoms with Crippen LogP contribution in [0.25, 0.3) is 0 Å². The zero-order valence-electron chi connectivity index (χ0n) is 32.7. The summed E-state index contributed by atoms with van der Waals surface area (Å²) < 4.78 is 22.2. The monoisotopic (exact) mass is 766 g/mol. The molecule has 1 saturated carbocycles. The van der Waals surface area contributed by atoms with Gasteiger partial charge in [0.15, 0.2) is 0 Å². The van der Waals surface area contributed by atoms with Gasteiger partial charge >= 0.3 is 0 Å². The molecule has 6 rings (SSSR count). The molecule has 4 aliphatic rings. The molecule has 53 heavy (non-hydrogen) atoms. The Morgan fingerprint density at radius 2 is 1.91 bits per heavy atom. The van der Waals surface area contributed by atoms with Gasteiger partial charge in [-0.25, -0.2) is 0 Å². The quantitative estimate of drug-likeness (QED) is 0.102. The minimum Gasteiger partial charge on any atom is -0.491 e. The first-order valence-electron chi connectivity index (χ1n) is 19.9. The lowest BCUT2D eigenvalue weighted by atomic mass is 9.63. The molecular formula is C43H63ClN4O4S. The number of methoxy groups -OCH3 is 1. The van der Waals surface area contributed by atoms with E-state index in [1.165, 1.54) is 11.1 Å². The summed E-state index contributed by atoms with van der Waals surface area (Å²) in [5.74, 6) is 6.66. The Kier molecular flexibility index (Phi) is 14.2. The number of nitrogens with zero attached hydrogens (tertiary/aromatic N) is 3. The van der Waals surface area contributed by atoms with E-state index in [2.05, 4.69) is 70.3 Å². The van der Waals surface area contributed by atoms with Crippen molar-refractivity contribution in [2.75, 3.05) is 84.7 Å². The number of halogens is 1. The zero-order chi connectivity index (χ0) is 37.5. The lowest BCUT2D eigenvalue weighted by molar-refractivity contribution is -0.107. The molecule has 8 nitrogen and oxygen atoms in total. The number of rotatable bonds is 17. The summed E-state index contributed by atoms with van der Waals surface area (Å²) in [6, 6.07) is 12.8. The predicted molar refractivity (Wildman–Crippen MR) is 222 cm³/mol. The summed E-state index contributed by atoms with van der Waals surface area (Å²) in [4.78, 5) is 19.8. The smallest absolute Gasteiger partial charge is 0.150 e. The number of aryl methyl sites for hydroxylation is 1. The van der Waals surface area contributed by atoms with E-state index in [0.717, 1.165) is 114 Å². The van der Waals surface area contributed by atoms with Crippen molar-refractivity contribution < 1.29 is 19.0 Å². The van der Waals surface area contributed by atoms with Crippen molar-refractivity contribution in [1.82, 2.24) is 14.5 Å². The standard InChI is InChI=1S/C43H63ClN4O4S/c1-7-9-34-23-37(44)13-14-39(34)36-25-48(41-22-33(26-49)11-16-42(41)52-27-36)24-35-12-15-40(35)43(50-5,17-8-10-31(2)32(3)53(6)45-4)30-46-18-20-47(21-19-46)38-28-51-29-38/h8,11,13-14,16-17,22-23,26,31-32,35-36,38,40,45H,6-7,9-10,12,15,18-21,24-25,27-30H2,1-5H3/b17-8+. The number of fused-ring (bicyclic) bond motifs is 1. The van der Waals surface area contributed by atoms with Crippen molar-refractivity contribution in [3.63, 3.8) is 0 Å². The average Bonchev–Trinajstić information content (AvgIpc) is 3.31.